The number of urea groups is 1. The molecule has 0 aromatic heterocycles. The maximum Gasteiger partial charge on any atom is 0.320 e. The van der Waals surface area contributed by atoms with Crippen molar-refractivity contribution < 1.29 is 9.53 Å². The Labute approximate surface area is 138 Å². The first-order valence-electron chi connectivity index (χ1n) is 8.62. The van der Waals surface area contributed by atoms with Crippen LogP contribution in [0.5, 0.6) is 0 Å². The Balaban J connectivity index is 1.52. The van der Waals surface area contributed by atoms with Crippen LogP contribution in [0.4, 0.5) is 4.79 Å². The summed E-state index contributed by atoms with van der Waals surface area (Å²) >= 11 is 0. The van der Waals surface area contributed by atoms with Crippen molar-refractivity contribution in [3.05, 3.63) is 35.4 Å². The van der Waals surface area contributed by atoms with E-state index >= 15 is 0 Å². The number of hydrogen-bond acceptors (Lipinski definition) is 3. The molecule has 0 atom stereocenters. The lowest BCUT2D eigenvalue weighted by molar-refractivity contribution is 0.0436. The molecule has 0 spiro atoms. The van der Waals surface area contributed by atoms with Crippen molar-refractivity contribution in [3.8, 4) is 0 Å². The number of amides is 2. The Hall–Kier alpha value is -1.59. The van der Waals surface area contributed by atoms with Crippen LogP contribution in [0.3, 0.4) is 0 Å². The highest BCUT2D eigenvalue weighted by Crippen LogP contribution is 2.12. The molecular weight excluding hydrogens is 290 g/mol. The molecule has 2 amide bonds. The van der Waals surface area contributed by atoms with Crippen molar-refractivity contribution in [1.82, 2.24) is 14.7 Å². The van der Waals surface area contributed by atoms with Gasteiger partial charge in [0.15, 0.2) is 0 Å². The Morgan fingerprint density at radius 3 is 2.39 bits per heavy atom. The van der Waals surface area contributed by atoms with Gasteiger partial charge in [0.05, 0.1) is 13.2 Å². The highest BCUT2D eigenvalue weighted by atomic mass is 16.5. The zero-order chi connectivity index (χ0) is 16.1. The van der Waals surface area contributed by atoms with Gasteiger partial charge in [0.2, 0.25) is 0 Å². The van der Waals surface area contributed by atoms with Gasteiger partial charge in [-0.2, -0.15) is 0 Å². The average Bonchev–Trinajstić information content (AvgIpc) is 2.83. The third-order valence-electron chi connectivity index (χ3n) is 4.67. The van der Waals surface area contributed by atoms with Crippen LogP contribution < -0.4 is 0 Å². The van der Waals surface area contributed by atoms with Crippen molar-refractivity contribution in [2.75, 3.05) is 52.5 Å². The number of morpholine rings is 1. The molecule has 3 rings (SSSR count). The summed E-state index contributed by atoms with van der Waals surface area (Å²) in [5.74, 6) is 0. The second-order valence-electron chi connectivity index (χ2n) is 6.48. The van der Waals surface area contributed by atoms with Gasteiger partial charge >= 0.3 is 6.03 Å². The number of carbonyl (C=O) groups excluding carboxylic acids is 1. The van der Waals surface area contributed by atoms with Crippen molar-refractivity contribution in [1.29, 1.82) is 0 Å². The Kier molecular flexibility index (Phi) is 5.51. The minimum Gasteiger partial charge on any atom is -0.378 e. The molecule has 0 radical (unpaired) electrons. The van der Waals surface area contributed by atoms with Crippen LogP contribution in [0.25, 0.3) is 0 Å². The van der Waals surface area contributed by atoms with Gasteiger partial charge in [-0.1, -0.05) is 29.8 Å². The maximum atomic E-state index is 12.6. The summed E-state index contributed by atoms with van der Waals surface area (Å²) in [7, 11) is 0. The molecule has 23 heavy (non-hydrogen) atoms. The zero-order valence-electron chi connectivity index (χ0n) is 14.0. The van der Waals surface area contributed by atoms with E-state index in [2.05, 4.69) is 36.1 Å². The van der Waals surface area contributed by atoms with Crippen LogP contribution in [-0.4, -0.2) is 73.2 Å². The van der Waals surface area contributed by atoms with Gasteiger partial charge in [-0.3, -0.25) is 4.90 Å². The molecule has 0 N–H and O–H groups in total. The van der Waals surface area contributed by atoms with Crippen molar-refractivity contribution in [3.63, 3.8) is 0 Å². The first-order chi connectivity index (χ1) is 11.2. The minimum atomic E-state index is 0.186. The first kappa shape index (κ1) is 16.3. The summed E-state index contributed by atoms with van der Waals surface area (Å²) in [5.41, 5.74) is 2.65. The third kappa shape index (κ3) is 4.45. The van der Waals surface area contributed by atoms with Crippen molar-refractivity contribution >= 4 is 6.03 Å². The lowest BCUT2D eigenvalue weighted by Crippen LogP contribution is -2.49. The Morgan fingerprint density at radius 1 is 0.957 bits per heavy atom. The maximum absolute atomic E-state index is 12.6. The molecule has 0 unspecified atom stereocenters. The number of benzene rings is 1. The highest BCUT2D eigenvalue weighted by Gasteiger charge is 2.24. The third-order valence-corrected chi connectivity index (χ3v) is 4.67. The fourth-order valence-electron chi connectivity index (χ4n) is 3.23. The molecule has 1 aromatic carbocycles. The molecule has 5 heteroatoms. The topological polar surface area (TPSA) is 36.0 Å². The largest absolute Gasteiger partial charge is 0.378 e. The van der Waals surface area contributed by atoms with E-state index in [9.17, 15) is 4.79 Å². The predicted molar refractivity (Wildman–Crippen MR) is 90.4 cm³/mol. The van der Waals surface area contributed by atoms with Gasteiger partial charge in [-0.25, -0.2) is 4.79 Å². The van der Waals surface area contributed by atoms with E-state index in [0.717, 1.165) is 52.2 Å². The summed E-state index contributed by atoms with van der Waals surface area (Å²) in [6, 6.07) is 8.93. The Morgan fingerprint density at radius 2 is 1.65 bits per heavy atom. The van der Waals surface area contributed by atoms with E-state index < -0.39 is 0 Å². The molecule has 2 aliphatic rings. The van der Waals surface area contributed by atoms with Crippen LogP contribution >= 0.6 is 0 Å². The highest BCUT2D eigenvalue weighted by molar-refractivity contribution is 5.74. The minimum absolute atomic E-state index is 0.186. The fraction of sp³-hybridized carbons (Fsp3) is 0.611. The van der Waals surface area contributed by atoms with Gasteiger partial charge in [-0.15, -0.1) is 0 Å². The zero-order valence-corrected chi connectivity index (χ0v) is 14.0. The second kappa shape index (κ2) is 7.79. The molecule has 2 aliphatic heterocycles. The number of ether oxygens (including phenoxy) is 1. The number of nitrogens with zero attached hydrogens (tertiary/aromatic N) is 3. The van der Waals surface area contributed by atoms with Crippen molar-refractivity contribution in [2.24, 2.45) is 0 Å². The monoisotopic (exact) mass is 317 g/mol. The van der Waals surface area contributed by atoms with Crippen LogP contribution in [0.2, 0.25) is 0 Å². The van der Waals surface area contributed by atoms with E-state index in [1.165, 1.54) is 11.1 Å². The van der Waals surface area contributed by atoms with E-state index in [0.29, 0.717) is 13.2 Å². The molecule has 0 saturated carbocycles. The smallest absolute Gasteiger partial charge is 0.320 e. The van der Waals surface area contributed by atoms with Gasteiger partial charge in [0.25, 0.3) is 0 Å². The lowest BCUT2D eigenvalue weighted by Gasteiger charge is -2.32. The van der Waals surface area contributed by atoms with Gasteiger partial charge < -0.3 is 14.5 Å². The summed E-state index contributed by atoms with van der Waals surface area (Å²) in [6.45, 7) is 9.56. The fourth-order valence-corrected chi connectivity index (χ4v) is 3.23. The number of carbonyl (C=O) groups is 1. The number of rotatable bonds is 2. The van der Waals surface area contributed by atoms with Crippen LogP contribution in [0, 0.1) is 6.92 Å². The summed E-state index contributed by atoms with van der Waals surface area (Å²) < 4.78 is 5.33. The average molecular weight is 317 g/mol. The van der Waals surface area contributed by atoms with E-state index in [-0.39, 0.29) is 6.03 Å². The van der Waals surface area contributed by atoms with Gasteiger partial charge in [0.1, 0.15) is 0 Å². The van der Waals surface area contributed by atoms with Crippen molar-refractivity contribution in [2.45, 2.75) is 19.9 Å². The summed E-state index contributed by atoms with van der Waals surface area (Å²) in [4.78, 5) is 19.0. The number of hydrogen-bond donors (Lipinski definition) is 0. The molecular formula is C18H27N3O2. The quantitative estimate of drug-likeness (QED) is 0.836. The van der Waals surface area contributed by atoms with Gasteiger partial charge in [0, 0.05) is 45.8 Å². The molecule has 1 aromatic rings. The molecule has 5 nitrogen and oxygen atoms in total. The lowest BCUT2D eigenvalue weighted by atomic mass is 10.1. The molecule has 2 heterocycles. The standard InChI is InChI=1S/C18H27N3O2/c1-16-3-5-17(6-4-16)15-19-7-2-8-20(10-9-19)18(22)21-11-13-23-14-12-21/h3-6H,2,7-15H2,1H3. The summed E-state index contributed by atoms with van der Waals surface area (Å²) in [6.07, 6.45) is 1.04. The number of aryl methyl sites for hydroxylation is 1. The summed E-state index contributed by atoms with van der Waals surface area (Å²) in [5, 5.41) is 0. The van der Waals surface area contributed by atoms with Gasteiger partial charge in [-0.05, 0) is 18.9 Å². The predicted octanol–water partition coefficient (Wildman–Crippen LogP) is 1.95. The second-order valence-corrected chi connectivity index (χ2v) is 6.48. The van der Waals surface area contributed by atoms with Crippen LogP contribution in [-0.2, 0) is 11.3 Å². The van der Waals surface area contributed by atoms with E-state index in [4.69, 9.17) is 4.74 Å². The molecule has 126 valence electrons. The normalized spacial score (nSPS) is 20.4. The molecule has 2 saturated heterocycles. The van der Waals surface area contributed by atoms with E-state index in [1.54, 1.807) is 0 Å². The van der Waals surface area contributed by atoms with Crippen LogP contribution in [0.1, 0.15) is 17.5 Å². The first-order valence-corrected chi connectivity index (χ1v) is 8.62. The Bertz CT molecular complexity index is 512. The van der Waals surface area contributed by atoms with Crippen LogP contribution in [0.15, 0.2) is 24.3 Å². The SMILES string of the molecule is Cc1ccc(CN2CCCN(C(=O)N3CCOCC3)CC2)cc1. The molecule has 0 bridgehead atoms. The molecule has 0 aliphatic carbocycles. The molecule has 2 fully saturated rings. The van der Waals surface area contributed by atoms with E-state index in [1.807, 2.05) is 9.80 Å².